The molecule has 1 atom stereocenters. The number of halogens is 1. The van der Waals surface area contributed by atoms with Gasteiger partial charge >= 0.3 is 0 Å². The molecule has 4 nitrogen and oxygen atoms in total. The summed E-state index contributed by atoms with van der Waals surface area (Å²) in [5, 5.41) is 9.93. The third-order valence-electron chi connectivity index (χ3n) is 2.10. The second-order valence-electron chi connectivity index (χ2n) is 2.99. The third-order valence-corrected chi connectivity index (χ3v) is 2.28. The number of H-pyrrole nitrogens is 1. The molecule has 0 bridgehead atoms. The summed E-state index contributed by atoms with van der Waals surface area (Å²) in [6.45, 7) is 2.05. The molecule has 0 spiro atoms. The molecule has 1 saturated heterocycles. The third kappa shape index (κ3) is 2.52. The molecule has 2 rings (SSSR count). The largest absolute Gasteiger partial charge is 0.414 e. The minimum Gasteiger partial charge on any atom is -0.414 e. The molecule has 74 valence electrons. The lowest BCUT2D eigenvalue weighted by atomic mass is 10.00. The Hall–Kier alpha value is -0.390. The fourth-order valence-corrected chi connectivity index (χ4v) is 1.61. The first kappa shape index (κ1) is 10.7. The van der Waals surface area contributed by atoms with E-state index in [1.54, 1.807) is 0 Å². The van der Waals surface area contributed by atoms with Crippen LogP contribution in [-0.2, 0) is 0 Å². The number of aromatic nitrogens is 2. The van der Waals surface area contributed by atoms with Crippen LogP contribution in [0.4, 0.5) is 0 Å². The predicted octanol–water partition coefficient (Wildman–Crippen LogP) is 1.62. The quantitative estimate of drug-likeness (QED) is 0.708. The van der Waals surface area contributed by atoms with Crippen LogP contribution in [0.15, 0.2) is 4.42 Å². The highest BCUT2D eigenvalue weighted by Gasteiger charge is 2.19. The van der Waals surface area contributed by atoms with Gasteiger partial charge < -0.3 is 9.73 Å². The summed E-state index contributed by atoms with van der Waals surface area (Å²) >= 11 is 4.80. The summed E-state index contributed by atoms with van der Waals surface area (Å²) in [6, 6.07) is 0. The molecule has 1 aromatic rings. The van der Waals surface area contributed by atoms with Gasteiger partial charge in [-0.1, -0.05) is 0 Å². The normalized spacial score (nSPS) is 22.3. The van der Waals surface area contributed by atoms with E-state index in [2.05, 4.69) is 15.5 Å². The highest BCUT2D eigenvalue weighted by molar-refractivity contribution is 7.71. The summed E-state index contributed by atoms with van der Waals surface area (Å²) in [6.07, 6.45) is 2.32. The van der Waals surface area contributed by atoms with Crippen LogP contribution in [0.1, 0.15) is 24.7 Å². The van der Waals surface area contributed by atoms with E-state index in [0.29, 0.717) is 10.8 Å². The monoisotopic (exact) mass is 221 g/mol. The Morgan fingerprint density at radius 2 is 2.38 bits per heavy atom. The summed E-state index contributed by atoms with van der Waals surface area (Å²) in [4.78, 5) is 0.371. The smallest absolute Gasteiger partial charge is 0.284 e. The molecule has 0 radical (unpaired) electrons. The molecule has 0 saturated carbocycles. The van der Waals surface area contributed by atoms with Gasteiger partial charge in [-0.3, -0.25) is 0 Å². The van der Waals surface area contributed by atoms with E-state index < -0.39 is 0 Å². The van der Waals surface area contributed by atoms with Gasteiger partial charge in [0.15, 0.2) is 0 Å². The first-order valence-corrected chi connectivity index (χ1v) is 4.53. The van der Waals surface area contributed by atoms with Gasteiger partial charge in [-0.15, -0.1) is 17.5 Å². The van der Waals surface area contributed by atoms with Crippen molar-refractivity contribution in [2.45, 2.75) is 18.8 Å². The average molecular weight is 222 g/mol. The molecule has 1 unspecified atom stereocenters. The maximum Gasteiger partial charge on any atom is 0.284 e. The average Bonchev–Trinajstić information content (AvgIpc) is 2.54. The summed E-state index contributed by atoms with van der Waals surface area (Å²) < 4.78 is 5.23. The van der Waals surface area contributed by atoms with Gasteiger partial charge in [0.1, 0.15) is 0 Å². The molecule has 6 heteroatoms. The topological polar surface area (TPSA) is 53.9 Å². The fraction of sp³-hybridized carbons (Fsp3) is 0.714. The Labute approximate surface area is 87.5 Å². The van der Waals surface area contributed by atoms with Crippen LogP contribution >= 0.6 is 24.6 Å². The lowest BCUT2D eigenvalue weighted by Crippen LogP contribution is -2.28. The van der Waals surface area contributed by atoms with Gasteiger partial charge in [0.25, 0.3) is 4.84 Å². The van der Waals surface area contributed by atoms with Crippen molar-refractivity contribution in [3.63, 3.8) is 0 Å². The van der Waals surface area contributed by atoms with Crippen molar-refractivity contribution in [1.82, 2.24) is 15.5 Å². The van der Waals surface area contributed by atoms with Crippen molar-refractivity contribution in [3.8, 4) is 0 Å². The number of rotatable bonds is 1. The zero-order chi connectivity index (χ0) is 8.39. The van der Waals surface area contributed by atoms with Gasteiger partial charge in [0.2, 0.25) is 5.89 Å². The van der Waals surface area contributed by atoms with E-state index in [1.807, 2.05) is 0 Å². The Balaban J connectivity index is 0.000000845. The maximum atomic E-state index is 5.23. The van der Waals surface area contributed by atoms with Crippen LogP contribution in [0, 0.1) is 4.84 Å². The van der Waals surface area contributed by atoms with Crippen LogP contribution in [0.5, 0.6) is 0 Å². The lowest BCUT2D eigenvalue weighted by Gasteiger charge is -2.18. The zero-order valence-corrected chi connectivity index (χ0v) is 8.71. The Morgan fingerprint density at radius 1 is 1.54 bits per heavy atom. The molecule has 1 aliphatic heterocycles. The van der Waals surface area contributed by atoms with E-state index in [9.17, 15) is 0 Å². The Kier molecular flexibility index (Phi) is 3.90. The molecule has 0 aliphatic carbocycles. The van der Waals surface area contributed by atoms with Crippen molar-refractivity contribution in [1.29, 1.82) is 0 Å². The Morgan fingerprint density at radius 3 is 2.92 bits per heavy atom. The highest BCUT2D eigenvalue weighted by atomic mass is 35.5. The minimum atomic E-state index is 0. The molecular weight excluding hydrogens is 210 g/mol. The van der Waals surface area contributed by atoms with Crippen LogP contribution in [0.3, 0.4) is 0 Å². The lowest BCUT2D eigenvalue weighted by molar-refractivity contribution is 0.372. The molecule has 1 fully saturated rings. The number of aromatic amines is 1. The van der Waals surface area contributed by atoms with Crippen molar-refractivity contribution < 1.29 is 4.42 Å². The van der Waals surface area contributed by atoms with E-state index in [0.717, 1.165) is 25.4 Å². The molecule has 1 aliphatic rings. The van der Waals surface area contributed by atoms with Crippen LogP contribution in [0.25, 0.3) is 0 Å². The summed E-state index contributed by atoms with van der Waals surface area (Å²) in [5.41, 5.74) is 0. The first-order valence-electron chi connectivity index (χ1n) is 4.12. The van der Waals surface area contributed by atoms with E-state index >= 15 is 0 Å². The molecule has 0 aromatic carbocycles. The van der Waals surface area contributed by atoms with E-state index in [1.165, 1.54) is 6.42 Å². The van der Waals surface area contributed by atoms with Gasteiger partial charge in [-0.05, 0) is 31.6 Å². The zero-order valence-electron chi connectivity index (χ0n) is 7.08. The minimum absolute atomic E-state index is 0. The van der Waals surface area contributed by atoms with Crippen LogP contribution < -0.4 is 5.32 Å². The van der Waals surface area contributed by atoms with Crippen molar-refractivity contribution >= 4 is 24.6 Å². The predicted molar refractivity (Wildman–Crippen MR) is 53.8 cm³/mol. The Bertz CT molecular complexity index is 305. The number of nitrogens with zero attached hydrogens (tertiary/aromatic N) is 1. The number of piperidine rings is 1. The van der Waals surface area contributed by atoms with Crippen molar-refractivity contribution in [2.75, 3.05) is 13.1 Å². The standard InChI is InChI=1S/C7H11N3OS.ClH/c12-7-10-9-6(11-7)5-2-1-3-8-4-5;/h5,8H,1-4H2,(H,10,12);1H. The van der Waals surface area contributed by atoms with Crippen molar-refractivity contribution in [3.05, 3.63) is 10.7 Å². The maximum absolute atomic E-state index is 5.23. The van der Waals surface area contributed by atoms with Gasteiger partial charge in [0, 0.05) is 12.5 Å². The molecular formula is C7H12ClN3OS. The number of hydrogen-bond donors (Lipinski definition) is 2. The molecule has 1 aromatic heterocycles. The summed E-state index contributed by atoms with van der Waals surface area (Å²) in [5.74, 6) is 1.14. The van der Waals surface area contributed by atoms with Gasteiger partial charge in [-0.2, -0.15) is 0 Å². The summed E-state index contributed by atoms with van der Waals surface area (Å²) in [7, 11) is 0. The SMILES string of the molecule is Cl.S=c1[nH]nc(C2CCCNC2)o1. The molecule has 2 N–H and O–H groups in total. The first-order chi connectivity index (χ1) is 5.86. The molecule has 13 heavy (non-hydrogen) atoms. The second kappa shape index (κ2) is 4.74. The van der Waals surface area contributed by atoms with E-state index in [-0.39, 0.29) is 12.4 Å². The van der Waals surface area contributed by atoms with Gasteiger partial charge in [-0.25, -0.2) is 5.10 Å². The second-order valence-corrected chi connectivity index (χ2v) is 3.37. The molecule has 2 heterocycles. The highest BCUT2D eigenvalue weighted by Crippen LogP contribution is 2.20. The molecule has 0 amide bonds. The van der Waals surface area contributed by atoms with Crippen molar-refractivity contribution in [2.24, 2.45) is 0 Å². The van der Waals surface area contributed by atoms with E-state index in [4.69, 9.17) is 16.6 Å². The fourth-order valence-electron chi connectivity index (χ4n) is 1.48. The number of nitrogens with one attached hydrogen (secondary N) is 2. The van der Waals surface area contributed by atoms with Gasteiger partial charge in [0.05, 0.1) is 0 Å². The number of hydrogen-bond acceptors (Lipinski definition) is 4. The van der Waals surface area contributed by atoms with Crippen LogP contribution in [-0.4, -0.2) is 23.3 Å². The van der Waals surface area contributed by atoms with Crippen LogP contribution in [0.2, 0.25) is 0 Å².